The Labute approximate surface area is 184 Å². The molecule has 0 bridgehead atoms. The van der Waals surface area contributed by atoms with Crippen molar-refractivity contribution in [3.05, 3.63) is 93.8 Å². The molecule has 1 aliphatic heterocycles. The molecule has 0 saturated heterocycles. The maximum absolute atomic E-state index is 13.7. The topological polar surface area (TPSA) is 70.2 Å². The van der Waals surface area contributed by atoms with Crippen molar-refractivity contribution in [1.82, 2.24) is 5.32 Å². The zero-order valence-corrected chi connectivity index (χ0v) is 16.8. The second-order valence-corrected chi connectivity index (χ2v) is 7.41. The van der Waals surface area contributed by atoms with Crippen molar-refractivity contribution in [2.24, 2.45) is 0 Å². The van der Waals surface area contributed by atoms with Crippen LogP contribution in [-0.4, -0.2) is 11.9 Å². The fraction of sp³-hybridized carbons (Fsp3) is 0.0909. The molecule has 3 amide bonds. The zero-order chi connectivity index (χ0) is 23.0. The van der Waals surface area contributed by atoms with Gasteiger partial charge in [0.25, 0.3) is 5.91 Å². The highest BCUT2D eigenvalue weighted by atomic mass is 35.5. The van der Waals surface area contributed by atoms with Crippen LogP contribution < -0.4 is 16.0 Å². The van der Waals surface area contributed by atoms with Crippen LogP contribution in [0.5, 0.6) is 0 Å². The van der Waals surface area contributed by atoms with E-state index in [0.717, 1.165) is 0 Å². The molecule has 10 heteroatoms. The number of carbonyl (C=O) groups is 2. The average Bonchev–Trinajstić information content (AvgIpc) is 2.72. The van der Waals surface area contributed by atoms with Gasteiger partial charge in [0.2, 0.25) is 0 Å². The first-order valence-electron chi connectivity index (χ1n) is 9.27. The smallest absolute Gasteiger partial charge is 0.327 e. The molecule has 0 aromatic heterocycles. The van der Waals surface area contributed by atoms with E-state index < -0.39 is 41.1 Å². The van der Waals surface area contributed by atoms with Crippen molar-refractivity contribution < 1.29 is 27.2 Å². The highest BCUT2D eigenvalue weighted by Gasteiger charge is 2.33. The quantitative estimate of drug-likeness (QED) is 0.418. The molecule has 0 spiro atoms. The third-order valence-corrected chi connectivity index (χ3v) is 5.21. The first-order valence-corrected chi connectivity index (χ1v) is 9.65. The van der Waals surface area contributed by atoms with Gasteiger partial charge >= 0.3 is 12.2 Å². The summed E-state index contributed by atoms with van der Waals surface area (Å²) in [6.45, 7) is 0. The van der Waals surface area contributed by atoms with Gasteiger partial charge in [-0.1, -0.05) is 35.9 Å². The van der Waals surface area contributed by atoms with Crippen LogP contribution in [0.15, 0.2) is 60.7 Å². The van der Waals surface area contributed by atoms with Crippen molar-refractivity contribution in [1.29, 1.82) is 0 Å². The Balaban J connectivity index is 1.75. The van der Waals surface area contributed by atoms with E-state index in [-0.39, 0.29) is 5.69 Å². The van der Waals surface area contributed by atoms with Crippen LogP contribution in [0.3, 0.4) is 0 Å². The van der Waals surface area contributed by atoms with Crippen LogP contribution in [0, 0.1) is 5.82 Å². The normalized spacial score (nSPS) is 15.4. The van der Waals surface area contributed by atoms with Gasteiger partial charge in [0.1, 0.15) is 5.82 Å². The molecular weight excluding hydrogens is 450 g/mol. The number of fused-ring (bicyclic) bond motifs is 1. The number of benzene rings is 3. The molecule has 4 rings (SSSR count). The lowest BCUT2D eigenvalue weighted by Crippen LogP contribution is -2.39. The molecule has 0 aliphatic carbocycles. The minimum atomic E-state index is -4.81. The Bertz CT molecular complexity index is 1230. The molecule has 1 atom stereocenters. The summed E-state index contributed by atoms with van der Waals surface area (Å²) in [5, 5.41) is 8.23. The number of halogens is 5. The largest absolute Gasteiger partial charge is 0.416 e. The minimum absolute atomic E-state index is 0.211. The van der Waals surface area contributed by atoms with Gasteiger partial charge in [-0.05, 0) is 42.0 Å². The maximum atomic E-state index is 13.7. The molecular formula is C22H14ClF4N3O2. The van der Waals surface area contributed by atoms with Crippen molar-refractivity contribution in [3.63, 3.8) is 0 Å². The van der Waals surface area contributed by atoms with Gasteiger partial charge in [-0.3, -0.25) is 4.79 Å². The van der Waals surface area contributed by atoms with E-state index >= 15 is 0 Å². The first kappa shape index (κ1) is 21.6. The van der Waals surface area contributed by atoms with Crippen LogP contribution >= 0.6 is 11.6 Å². The summed E-state index contributed by atoms with van der Waals surface area (Å²) in [6.07, 6.45) is -4.81. The Morgan fingerprint density at radius 3 is 2.50 bits per heavy atom. The number of carbonyl (C=O) groups excluding carboxylic acids is 2. The summed E-state index contributed by atoms with van der Waals surface area (Å²) in [6, 6.07) is 11.8. The SMILES string of the molecule is O=C1Nc2cccc(NC(=O)c3cc(F)cc(C(F)(F)F)c3)c2C(c2ccccc2Cl)N1. The number of nitrogens with one attached hydrogen (secondary N) is 3. The van der Waals surface area contributed by atoms with Crippen LogP contribution in [0.1, 0.15) is 33.1 Å². The van der Waals surface area contributed by atoms with Gasteiger partial charge in [-0.2, -0.15) is 13.2 Å². The summed E-state index contributed by atoms with van der Waals surface area (Å²) in [7, 11) is 0. The fourth-order valence-electron chi connectivity index (χ4n) is 3.48. The first-order chi connectivity index (χ1) is 15.1. The van der Waals surface area contributed by atoms with Crippen molar-refractivity contribution in [2.45, 2.75) is 12.2 Å². The van der Waals surface area contributed by atoms with Crippen LogP contribution in [-0.2, 0) is 6.18 Å². The molecule has 1 heterocycles. The zero-order valence-electron chi connectivity index (χ0n) is 16.1. The molecule has 3 aromatic carbocycles. The molecule has 0 fully saturated rings. The molecule has 1 aliphatic rings. The van der Waals surface area contributed by atoms with Gasteiger partial charge in [0.15, 0.2) is 0 Å². The third-order valence-electron chi connectivity index (χ3n) is 4.87. The van der Waals surface area contributed by atoms with Gasteiger partial charge in [0.05, 0.1) is 17.3 Å². The van der Waals surface area contributed by atoms with E-state index in [0.29, 0.717) is 40.0 Å². The van der Waals surface area contributed by atoms with E-state index in [1.165, 1.54) is 6.07 Å². The van der Waals surface area contributed by atoms with E-state index in [1.54, 1.807) is 36.4 Å². The highest BCUT2D eigenvalue weighted by Crippen LogP contribution is 2.39. The predicted octanol–water partition coefficient (Wildman–Crippen LogP) is 5.97. The standard InChI is InChI=1S/C22H14ClF4N3O2/c23-15-5-2-1-4-14(15)19-18-16(6-3-7-17(18)29-21(32)30-19)28-20(31)11-8-12(22(25,26)27)10-13(24)9-11/h1-10,19H,(H,28,31)(H2,29,30,32). The van der Waals surface area contributed by atoms with E-state index in [2.05, 4.69) is 16.0 Å². The Hall–Kier alpha value is -3.59. The van der Waals surface area contributed by atoms with E-state index in [9.17, 15) is 27.2 Å². The maximum Gasteiger partial charge on any atom is 0.416 e. The number of amides is 3. The molecule has 3 aromatic rings. The van der Waals surface area contributed by atoms with Gasteiger partial charge < -0.3 is 16.0 Å². The van der Waals surface area contributed by atoms with Crippen molar-refractivity contribution in [2.75, 3.05) is 10.6 Å². The lowest BCUT2D eigenvalue weighted by atomic mass is 9.93. The Morgan fingerprint density at radius 2 is 1.78 bits per heavy atom. The van der Waals surface area contributed by atoms with Gasteiger partial charge in [0, 0.05) is 21.8 Å². The number of hydrogen-bond acceptors (Lipinski definition) is 2. The lowest BCUT2D eigenvalue weighted by molar-refractivity contribution is -0.137. The summed E-state index contributed by atoms with van der Waals surface area (Å²) >= 11 is 6.30. The second-order valence-electron chi connectivity index (χ2n) is 7.00. The number of alkyl halides is 3. The monoisotopic (exact) mass is 463 g/mol. The Kier molecular flexibility index (Phi) is 5.52. The summed E-state index contributed by atoms with van der Waals surface area (Å²) in [5.74, 6) is -2.14. The number of hydrogen-bond donors (Lipinski definition) is 3. The molecule has 5 nitrogen and oxygen atoms in total. The van der Waals surface area contributed by atoms with Crippen LogP contribution in [0.4, 0.5) is 33.7 Å². The molecule has 164 valence electrons. The summed E-state index contributed by atoms with van der Waals surface area (Å²) in [5.41, 5.74) is -0.190. The second kappa shape index (κ2) is 8.16. The number of rotatable bonds is 3. The summed E-state index contributed by atoms with van der Waals surface area (Å²) in [4.78, 5) is 24.9. The fourth-order valence-corrected chi connectivity index (χ4v) is 3.72. The Morgan fingerprint density at radius 1 is 1.03 bits per heavy atom. The van der Waals surface area contributed by atoms with Crippen LogP contribution in [0.25, 0.3) is 0 Å². The van der Waals surface area contributed by atoms with E-state index in [1.807, 2.05) is 0 Å². The molecule has 0 radical (unpaired) electrons. The third kappa shape index (κ3) is 4.24. The van der Waals surface area contributed by atoms with Crippen LogP contribution in [0.2, 0.25) is 5.02 Å². The molecule has 3 N–H and O–H groups in total. The number of anilines is 2. The lowest BCUT2D eigenvalue weighted by Gasteiger charge is -2.30. The summed E-state index contributed by atoms with van der Waals surface area (Å²) < 4.78 is 52.8. The van der Waals surface area contributed by atoms with E-state index in [4.69, 9.17) is 11.6 Å². The minimum Gasteiger partial charge on any atom is -0.327 e. The molecule has 1 unspecified atom stereocenters. The van der Waals surface area contributed by atoms with Crippen molar-refractivity contribution >= 4 is 34.9 Å². The average molecular weight is 464 g/mol. The highest BCUT2D eigenvalue weighted by molar-refractivity contribution is 6.31. The predicted molar refractivity (Wildman–Crippen MR) is 111 cm³/mol. The molecule has 0 saturated carbocycles. The molecule has 32 heavy (non-hydrogen) atoms. The van der Waals surface area contributed by atoms with Crippen molar-refractivity contribution in [3.8, 4) is 0 Å². The number of urea groups is 1. The van der Waals surface area contributed by atoms with Gasteiger partial charge in [-0.15, -0.1) is 0 Å². The van der Waals surface area contributed by atoms with Gasteiger partial charge in [-0.25, -0.2) is 9.18 Å².